The van der Waals surface area contributed by atoms with Crippen molar-refractivity contribution in [2.75, 3.05) is 12.4 Å². The second kappa shape index (κ2) is 8.19. The third-order valence-electron chi connectivity index (χ3n) is 5.86. The molecule has 4 rings (SSSR count). The van der Waals surface area contributed by atoms with Crippen LogP contribution in [-0.4, -0.2) is 28.9 Å². The van der Waals surface area contributed by atoms with Gasteiger partial charge in [-0.05, 0) is 62.7 Å². The van der Waals surface area contributed by atoms with E-state index < -0.39 is 0 Å². The van der Waals surface area contributed by atoms with Crippen LogP contribution in [0, 0.1) is 6.92 Å². The largest absolute Gasteiger partial charge is 0.351 e. The first-order chi connectivity index (χ1) is 13.6. The number of aryl methyl sites for hydroxylation is 1. The standard InChI is InChI=1S/C24H29N3O/c1-17-8-13-22-19(14-17)15-23(26-22)24(28)25-20-11-9-18(10-12-20)16-27(2)21-6-4-3-5-7-21/h8-15,21,26H,3-7,16H2,1-2H3,(H,25,28). The van der Waals surface area contributed by atoms with E-state index in [-0.39, 0.29) is 5.91 Å². The third-order valence-corrected chi connectivity index (χ3v) is 5.86. The Balaban J connectivity index is 1.38. The molecule has 0 atom stereocenters. The van der Waals surface area contributed by atoms with Gasteiger partial charge in [-0.2, -0.15) is 0 Å². The van der Waals surface area contributed by atoms with Crippen LogP contribution in [0.3, 0.4) is 0 Å². The van der Waals surface area contributed by atoms with Crippen LogP contribution in [0.2, 0.25) is 0 Å². The minimum Gasteiger partial charge on any atom is -0.351 e. The number of hydrogen-bond donors (Lipinski definition) is 2. The van der Waals surface area contributed by atoms with Gasteiger partial charge in [-0.25, -0.2) is 0 Å². The summed E-state index contributed by atoms with van der Waals surface area (Å²) in [5.41, 5.74) is 4.86. The predicted octanol–water partition coefficient (Wildman–Crippen LogP) is 5.49. The molecule has 2 aromatic carbocycles. The van der Waals surface area contributed by atoms with E-state index >= 15 is 0 Å². The first-order valence-corrected chi connectivity index (χ1v) is 10.3. The molecule has 0 unspecified atom stereocenters. The number of benzene rings is 2. The van der Waals surface area contributed by atoms with Gasteiger partial charge >= 0.3 is 0 Å². The number of fused-ring (bicyclic) bond motifs is 1. The summed E-state index contributed by atoms with van der Waals surface area (Å²) in [6.07, 6.45) is 6.72. The number of rotatable bonds is 5. The maximum Gasteiger partial charge on any atom is 0.272 e. The van der Waals surface area contributed by atoms with E-state index in [0.29, 0.717) is 11.7 Å². The lowest BCUT2D eigenvalue weighted by molar-refractivity contribution is 0.102. The number of carbonyl (C=O) groups excluding carboxylic acids is 1. The number of aromatic amines is 1. The summed E-state index contributed by atoms with van der Waals surface area (Å²) < 4.78 is 0. The molecule has 1 fully saturated rings. The Morgan fingerprint density at radius 3 is 2.57 bits per heavy atom. The predicted molar refractivity (Wildman–Crippen MR) is 116 cm³/mol. The minimum absolute atomic E-state index is 0.110. The molecule has 1 heterocycles. The molecular weight excluding hydrogens is 346 g/mol. The topological polar surface area (TPSA) is 48.1 Å². The summed E-state index contributed by atoms with van der Waals surface area (Å²) in [6, 6.07) is 17.0. The third kappa shape index (κ3) is 4.28. The highest BCUT2D eigenvalue weighted by molar-refractivity contribution is 6.05. The van der Waals surface area contributed by atoms with E-state index in [1.807, 2.05) is 30.3 Å². The fourth-order valence-electron chi connectivity index (χ4n) is 4.21. The van der Waals surface area contributed by atoms with Crippen LogP contribution < -0.4 is 5.32 Å². The fourth-order valence-corrected chi connectivity index (χ4v) is 4.21. The molecule has 1 aliphatic carbocycles. The van der Waals surface area contributed by atoms with Crippen LogP contribution in [0.5, 0.6) is 0 Å². The average molecular weight is 376 g/mol. The molecule has 0 saturated heterocycles. The zero-order valence-corrected chi connectivity index (χ0v) is 16.8. The van der Waals surface area contributed by atoms with Crippen molar-refractivity contribution in [3.05, 3.63) is 65.4 Å². The Kier molecular flexibility index (Phi) is 5.49. The molecule has 1 saturated carbocycles. The highest BCUT2D eigenvalue weighted by atomic mass is 16.1. The van der Waals surface area contributed by atoms with E-state index in [1.165, 1.54) is 43.2 Å². The Bertz CT molecular complexity index is 952. The summed E-state index contributed by atoms with van der Waals surface area (Å²) >= 11 is 0. The molecule has 3 aromatic rings. The molecule has 1 amide bonds. The Labute approximate surface area is 166 Å². The Morgan fingerprint density at radius 1 is 1.07 bits per heavy atom. The molecule has 0 bridgehead atoms. The number of nitrogens with zero attached hydrogens (tertiary/aromatic N) is 1. The number of amides is 1. The van der Waals surface area contributed by atoms with Gasteiger partial charge in [-0.1, -0.05) is 43.0 Å². The van der Waals surface area contributed by atoms with Gasteiger partial charge in [0.15, 0.2) is 0 Å². The number of H-pyrrole nitrogens is 1. The van der Waals surface area contributed by atoms with Crippen molar-refractivity contribution in [1.29, 1.82) is 0 Å². The monoisotopic (exact) mass is 375 g/mol. The highest BCUT2D eigenvalue weighted by Crippen LogP contribution is 2.23. The van der Waals surface area contributed by atoms with Gasteiger partial charge in [0.1, 0.15) is 5.69 Å². The molecule has 28 heavy (non-hydrogen) atoms. The molecule has 2 N–H and O–H groups in total. The quantitative estimate of drug-likeness (QED) is 0.619. The summed E-state index contributed by atoms with van der Waals surface area (Å²) in [5.74, 6) is -0.110. The second-order valence-electron chi connectivity index (χ2n) is 8.13. The number of nitrogens with one attached hydrogen (secondary N) is 2. The highest BCUT2D eigenvalue weighted by Gasteiger charge is 2.18. The van der Waals surface area contributed by atoms with Crippen LogP contribution >= 0.6 is 0 Å². The van der Waals surface area contributed by atoms with Crippen LogP contribution in [0.25, 0.3) is 10.9 Å². The molecule has 146 valence electrons. The molecule has 1 aromatic heterocycles. The van der Waals surface area contributed by atoms with Gasteiger partial charge < -0.3 is 10.3 Å². The number of anilines is 1. The van der Waals surface area contributed by atoms with Crippen molar-refractivity contribution < 1.29 is 4.79 Å². The molecular formula is C24H29N3O. The van der Waals surface area contributed by atoms with Gasteiger partial charge in [-0.15, -0.1) is 0 Å². The molecule has 4 nitrogen and oxygen atoms in total. The molecule has 0 aliphatic heterocycles. The maximum atomic E-state index is 12.6. The zero-order valence-electron chi connectivity index (χ0n) is 16.8. The zero-order chi connectivity index (χ0) is 19.5. The van der Waals surface area contributed by atoms with E-state index in [2.05, 4.69) is 47.4 Å². The lowest BCUT2D eigenvalue weighted by atomic mass is 9.94. The molecule has 0 radical (unpaired) electrons. The summed E-state index contributed by atoms with van der Waals surface area (Å²) in [7, 11) is 2.23. The summed E-state index contributed by atoms with van der Waals surface area (Å²) in [5, 5.41) is 4.06. The van der Waals surface area contributed by atoms with E-state index in [4.69, 9.17) is 0 Å². The van der Waals surface area contributed by atoms with E-state index in [9.17, 15) is 4.79 Å². The normalized spacial score (nSPS) is 15.2. The van der Waals surface area contributed by atoms with Crippen molar-refractivity contribution >= 4 is 22.5 Å². The van der Waals surface area contributed by atoms with Gasteiger partial charge in [0, 0.05) is 29.2 Å². The molecule has 0 spiro atoms. The van der Waals surface area contributed by atoms with E-state index in [0.717, 1.165) is 23.1 Å². The first kappa shape index (κ1) is 18.8. The SMILES string of the molecule is Cc1ccc2[nH]c(C(=O)Nc3ccc(CN(C)C4CCCCC4)cc3)cc2c1. The van der Waals surface area contributed by atoms with Crippen molar-refractivity contribution in [1.82, 2.24) is 9.88 Å². The molecule has 4 heteroatoms. The van der Waals surface area contributed by atoms with Gasteiger partial charge in [0.25, 0.3) is 5.91 Å². The van der Waals surface area contributed by atoms with Crippen LogP contribution in [0.4, 0.5) is 5.69 Å². The van der Waals surface area contributed by atoms with Crippen molar-refractivity contribution in [3.63, 3.8) is 0 Å². The van der Waals surface area contributed by atoms with Gasteiger partial charge in [-0.3, -0.25) is 9.69 Å². The lowest BCUT2D eigenvalue weighted by Gasteiger charge is -2.31. The summed E-state index contributed by atoms with van der Waals surface area (Å²) in [4.78, 5) is 18.3. The fraction of sp³-hybridized carbons (Fsp3) is 0.375. The van der Waals surface area contributed by atoms with Crippen molar-refractivity contribution in [2.24, 2.45) is 0 Å². The number of hydrogen-bond acceptors (Lipinski definition) is 2. The average Bonchev–Trinajstić information content (AvgIpc) is 3.13. The second-order valence-corrected chi connectivity index (χ2v) is 8.13. The van der Waals surface area contributed by atoms with Gasteiger partial charge in [0.05, 0.1) is 0 Å². The lowest BCUT2D eigenvalue weighted by Crippen LogP contribution is -2.32. The van der Waals surface area contributed by atoms with Crippen molar-refractivity contribution in [2.45, 2.75) is 51.6 Å². The number of aromatic nitrogens is 1. The van der Waals surface area contributed by atoms with Crippen molar-refractivity contribution in [3.8, 4) is 0 Å². The van der Waals surface area contributed by atoms with Gasteiger partial charge in [0.2, 0.25) is 0 Å². The summed E-state index contributed by atoms with van der Waals surface area (Å²) in [6.45, 7) is 3.01. The van der Waals surface area contributed by atoms with E-state index in [1.54, 1.807) is 0 Å². The van der Waals surface area contributed by atoms with Crippen LogP contribution in [0.1, 0.15) is 53.7 Å². The van der Waals surface area contributed by atoms with Crippen LogP contribution in [-0.2, 0) is 6.54 Å². The van der Waals surface area contributed by atoms with Crippen LogP contribution in [0.15, 0.2) is 48.5 Å². The smallest absolute Gasteiger partial charge is 0.272 e. The Hall–Kier alpha value is -2.59. The Morgan fingerprint density at radius 2 is 1.82 bits per heavy atom. The first-order valence-electron chi connectivity index (χ1n) is 10.3. The number of carbonyl (C=O) groups is 1. The molecule has 1 aliphatic rings. The minimum atomic E-state index is -0.110. The maximum absolute atomic E-state index is 12.6.